The van der Waals surface area contributed by atoms with Gasteiger partial charge in [0.25, 0.3) is 0 Å². The lowest BCUT2D eigenvalue weighted by molar-refractivity contribution is -0.360. The largest absolute Gasteiger partial charge is 0.506 e. The van der Waals surface area contributed by atoms with Gasteiger partial charge < -0.3 is 69.6 Å². The summed E-state index contributed by atoms with van der Waals surface area (Å²) in [6.45, 7) is -1.23. The van der Waals surface area contributed by atoms with Crippen molar-refractivity contribution in [3.63, 3.8) is 0 Å². The van der Waals surface area contributed by atoms with Crippen molar-refractivity contribution in [3.8, 4) is 5.75 Å². The van der Waals surface area contributed by atoms with Crippen LogP contribution < -0.4 is 0 Å². The van der Waals surface area contributed by atoms with E-state index in [0.717, 1.165) is 0 Å². The third-order valence-corrected chi connectivity index (χ3v) is 6.64. The van der Waals surface area contributed by atoms with Crippen molar-refractivity contribution in [2.24, 2.45) is 0 Å². The molecule has 0 amide bonds. The first kappa shape index (κ1) is 31.2. The fraction of sp³-hybridized carbons (Fsp3) is 0.750. The molecule has 10 N–H and O–H groups in total. The summed E-state index contributed by atoms with van der Waals surface area (Å²) in [5.41, 5.74) is 0.191. The Morgan fingerprint density at radius 2 is 1.50 bits per heavy atom. The molecule has 3 heterocycles. The SMILES string of the molecule is Cc1ncc(COP(=O)(O)O)c(CO[C@@H]2O[C@H](CO)[C@@H](O[C@@H]3O[C@H](CO)[C@H](O)[C@H](O)[C@H]3O)[C@H](O)[C@H]2O)c1O. The maximum Gasteiger partial charge on any atom is 0.469 e. The Labute approximate surface area is 215 Å². The number of nitrogens with zero attached hydrogens (tertiary/aromatic N) is 1. The number of aryl methyl sites for hydroxylation is 1. The van der Waals surface area contributed by atoms with Crippen molar-refractivity contribution in [2.75, 3.05) is 13.2 Å². The molecule has 1 aromatic rings. The number of aliphatic hydroxyl groups excluding tert-OH is 7. The summed E-state index contributed by atoms with van der Waals surface area (Å²) in [4.78, 5) is 21.8. The third-order valence-electron chi connectivity index (χ3n) is 6.17. The van der Waals surface area contributed by atoms with Crippen LogP contribution in [0, 0.1) is 6.92 Å². The van der Waals surface area contributed by atoms with Gasteiger partial charge in [-0.25, -0.2) is 4.57 Å². The summed E-state index contributed by atoms with van der Waals surface area (Å²) < 4.78 is 37.2. The third kappa shape index (κ3) is 7.03. The van der Waals surface area contributed by atoms with E-state index in [1.54, 1.807) is 0 Å². The zero-order valence-electron chi connectivity index (χ0n) is 20.0. The van der Waals surface area contributed by atoms with Gasteiger partial charge in [0.2, 0.25) is 0 Å². The predicted octanol–water partition coefficient (Wildman–Crippen LogP) is -4.15. The van der Waals surface area contributed by atoms with E-state index in [-0.39, 0.29) is 22.6 Å². The highest BCUT2D eigenvalue weighted by molar-refractivity contribution is 7.46. The van der Waals surface area contributed by atoms with E-state index in [0.29, 0.717) is 0 Å². The van der Waals surface area contributed by atoms with E-state index < -0.39 is 95.7 Å². The number of aliphatic hydroxyl groups is 7. The molecule has 3 rings (SSSR count). The number of phosphoric acid groups is 1. The smallest absolute Gasteiger partial charge is 0.469 e. The Morgan fingerprint density at radius 1 is 0.895 bits per heavy atom. The molecular formula is C20H32NO16P. The number of aromatic nitrogens is 1. The van der Waals surface area contributed by atoms with Gasteiger partial charge >= 0.3 is 7.82 Å². The lowest BCUT2D eigenvalue weighted by Crippen LogP contribution is -2.64. The zero-order valence-corrected chi connectivity index (χ0v) is 20.9. The number of hydrogen-bond donors (Lipinski definition) is 10. The minimum absolute atomic E-state index is 0.00326. The zero-order chi connectivity index (χ0) is 28.4. The van der Waals surface area contributed by atoms with Gasteiger partial charge in [0.1, 0.15) is 54.6 Å². The molecule has 2 saturated heterocycles. The van der Waals surface area contributed by atoms with Crippen molar-refractivity contribution in [2.45, 2.75) is 81.5 Å². The lowest BCUT2D eigenvalue weighted by Gasteiger charge is -2.45. The highest BCUT2D eigenvalue weighted by Gasteiger charge is 2.50. The Morgan fingerprint density at radius 3 is 2.11 bits per heavy atom. The Hall–Kier alpha value is -1.38. The van der Waals surface area contributed by atoms with E-state index >= 15 is 0 Å². The molecule has 2 aliphatic rings. The predicted molar refractivity (Wildman–Crippen MR) is 119 cm³/mol. The van der Waals surface area contributed by atoms with Gasteiger partial charge in [-0.1, -0.05) is 0 Å². The van der Waals surface area contributed by atoms with Crippen LogP contribution >= 0.6 is 7.82 Å². The second-order valence-corrected chi connectivity index (χ2v) is 10.0. The van der Waals surface area contributed by atoms with Gasteiger partial charge in [-0.05, 0) is 6.92 Å². The standard InChI is InChI=1S/C20H32NO16P/c1-7-12(24)9(8(2-21-7)5-34-38(30,31)32)6-33-19-17(29)15(27)18(11(4-23)36-19)37-20-16(28)14(26)13(25)10(3-22)35-20/h2,10-11,13-20,22-29H,3-6H2,1H3,(H2,30,31,32)/t10-,11-,13+,14+,15-,16-,17-,18-,19-,20+/m1/s1. The van der Waals surface area contributed by atoms with Crippen LogP contribution in [0.3, 0.4) is 0 Å². The van der Waals surface area contributed by atoms with Crippen molar-refractivity contribution in [1.82, 2.24) is 4.98 Å². The molecule has 0 radical (unpaired) electrons. The summed E-state index contributed by atoms with van der Waals surface area (Å²) >= 11 is 0. The second-order valence-electron chi connectivity index (χ2n) is 8.78. The molecular weight excluding hydrogens is 541 g/mol. The van der Waals surface area contributed by atoms with Gasteiger partial charge in [-0.3, -0.25) is 9.51 Å². The molecule has 0 saturated carbocycles. The highest BCUT2D eigenvalue weighted by Crippen LogP contribution is 2.38. The number of hydrogen-bond acceptors (Lipinski definition) is 15. The normalized spacial score (nSPS) is 36.4. The molecule has 2 fully saturated rings. The van der Waals surface area contributed by atoms with Gasteiger partial charge in [-0.15, -0.1) is 0 Å². The molecule has 10 atom stereocenters. The van der Waals surface area contributed by atoms with Crippen LogP contribution in [0.2, 0.25) is 0 Å². The Kier molecular flexibility index (Phi) is 10.5. The molecule has 38 heavy (non-hydrogen) atoms. The van der Waals surface area contributed by atoms with Crippen LogP contribution in [0.25, 0.3) is 0 Å². The van der Waals surface area contributed by atoms with Crippen LogP contribution in [0.5, 0.6) is 5.75 Å². The summed E-state index contributed by atoms with van der Waals surface area (Å²) in [6, 6.07) is 0. The number of rotatable bonds is 10. The monoisotopic (exact) mass is 573 g/mol. The van der Waals surface area contributed by atoms with Gasteiger partial charge in [-0.2, -0.15) is 0 Å². The van der Waals surface area contributed by atoms with E-state index in [2.05, 4.69) is 9.51 Å². The fourth-order valence-corrected chi connectivity index (χ4v) is 4.29. The van der Waals surface area contributed by atoms with Gasteiger partial charge in [0, 0.05) is 17.3 Å². The lowest BCUT2D eigenvalue weighted by atomic mass is 9.97. The van der Waals surface area contributed by atoms with E-state index in [4.69, 9.17) is 28.7 Å². The van der Waals surface area contributed by atoms with Crippen molar-refractivity contribution in [3.05, 3.63) is 23.0 Å². The summed E-state index contributed by atoms with van der Waals surface area (Å²) in [5.74, 6) is -0.384. The molecule has 0 unspecified atom stereocenters. The molecule has 0 aromatic carbocycles. The summed E-state index contributed by atoms with van der Waals surface area (Å²) in [7, 11) is -4.86. The average Bonchev–Trinajstić information content (AvgIpc) is 2.87. The Bertz CT molecular complexity index is 975. The number of phosphoric ester groups is 1. The molecule has 2 aliphatic heterocycles. The maximum atomic E-state index is 11.1. The topological polar surface area (TPSA) is 278 Å². The molecule has 0 bridgehead atoms. The second kappa shape index (κ2) is 12.9. The van der Waals surface area contributed by atoms with E-state index in [1.165, 1.54) is 13.1 Å². The first-order valence-corrected chi connectivity index (χ1v) is 12.9. The molecule has 17 nitrogen and oxygen atoms in total. The van der Waals surface area contributed by atoms with Crippen LogP contribution in [-0.2, 0) is 41.3 Å². The average molecular weight is 573 g/mol. The molecule has 0 spiro atoms. The van der Waals surface area contributed by atoms with Gasteiger partial charge in [0.15, 0.2) is 12.6 Å². The fourth-order valence-electron chi connectivity index (χ4n) is 3.98. The van der Waals surface area contributed by atoms with Crippen LogP contribution in [0.4, 0.5) is 0 Å². The number of pyridine rings is 1. The summed E-state index contributed by atoms with van der Waals surface area (Å²) in [6.07, 6.45) is -15.2. The first-order valence-electron chi connectivity index (χ1n) is 11.4. The van der Waals surface area contributed by atoms with E-state index in [9.17, 15) is 45.4 Å². The van der Waals surface area contributed by atoms with E-state index in [1.807, 2.05) is 0 Å². The summed E-state index contributed by atoms with van der Waals surface area (Å²) in [5, 5.41) is 80.8. The molecule has 0 aliphatic carbocycles. The highest BCUT2D eigenvalue weighted by atomic mass is 31.2. The number of ether oxygens (including phenoxy) is 4. The van der Waals surface area contributed by atoms with Crippen molar-refractivity contribution in [1.29, 1.82) is 0 Å². The van der Waals surface area contributed by atoms with Crippen molar-refractivity contribution < 1.29 is 78.7 Å². The van der Waals surface area contributed by atoms with Gasteiger partial charge in [0.05, 0.1) is 32.1 Å². The molecule has 218 valence electrons. The van der Waals surface area contributed by atoms with Crippen molar-refractivity contribution >= 4 is 7.82 Å². The quantitative estimate of drug-likeness (QED) is 0.119. The van der Waals surface area contributed by atoms with Crippen LogP contribution in [0.15, 0.2) is 6.20 Å². The van der Waals surface area contributed by atoms with Crippen LogP contribution in [0.1, 0.15) is 16.8 Å². The number of aromatic hydroxyl groups is 1. The Balaban J connectivity index is 1.72. The first-order chi connectivity index (χ1) is 17.8. The molecule has 18 heteroatoms. The minimum atomic E-state index is -4.86. The van der Waals surface area contributed by atoms with Crippen LogP contribution in [-0.4, -0.2) is 130 Å². The molecule has 1 aromatic heterocycles. The maximum absolute atomic E-state index is 11.1. The minimum Gasteiger partial charge on any atom is -0.506 e.